The minimum absolute atomic E-state index is 0.351. The van der Waals surface area contributed by atoms with E-state index >= 15 is 0 Å². The number of hydrogen-bond acceptors (Lipinski definition) is 1. The summed E-state index contributed by atoms with van der Waals surface area (Å²) >= 11 is 0. The molecule has 1 nitrogen and oxygen atoms in total. The lowest BCUT2D eigenvalue weighted by Gasteiger charge is -2.60. The topological polar surface area (TPSA) is 20.2 Å². The Hall–Kier alpha value is -0.0400. The van der Waals surface area contributed by atoms with Gasteiger partial charge in [-0.1, -0.05) is 34.1 Å². The maximum absolute atomic E-state index is 10.5. The molecule has 0 aromatic heterocycles. The molecule has 0 bridgehead atoms. The molecule has 1 heteroatoms. The van der Waals surface area contributed by atoms with Crippen LogP contribution < -0.4 is 0 Å². The van der Waals surface area contributed by atoms with Gasteiger partial charge in [0.2, 0.25) is 0 Å². The zero-order valence-electron chi connectivity index (χ0n) is 11.6. The summed E-state index contributed by atoms with van der Waals surface area (Å²) < 4.78 is 0. The lowest BCUT2D eigenvalue weighted by molar-refractivity contribution is -0.160. The third-order valence-corrected chi connectivity index (χ3v) is 6.14. The molecule has 0 heterocycles. The molecular formula is C15H28O. The van der Waals surface area contributed by atoms with Crippen molar-refractivity contribution in [3.8, 4) is 0 Å². The highest BCUT2D eigenvalue weighted by molar-refractivity contribution is 5.05. The van der Waals surface area contributed by atoms with Crippen molar-refractivity contribution in [3.05, 3.63) is 0 Å². The van der Waals surface area contributed by atoms with E-state index in [-0.39, 0.29) is 0 Å². The molecule has 0 aromatic rings. The fraction of sp³-hybridized carbons (Fsp3) is 1.00. The van der Waals surface area contributed by atoms with Crippen LogP contribution >= 0.6 is 0 Å². The van der Waals surface area contributed by atoms with Crippen molar-refractivity contribution in [2.24, 2.45) is 22.7 Å². The Balaban J connectivity index is 2.34. The van der Waals surface area contributed by atoms with E-state index in [1.165, 1.54) is 25.7 Å². The number of fused-ring (bicyclic) bond motifs is 1. The Labute approximate surface area is 101 Å². The molecule has 2 rings (SSSR count). The van der Waals surface area contributed by atoms with E-state index in [0.717, 1.165) is 12.3 Å². The van der Waals surface area contributed by atoms with Crippen molar-refractivity contribution in [2.45, 2.75) is 72.3 Å². The summed E-state index contributed by atoms with van der Waals surface area (Å²) in [4.78, 5) is 0. The number of hydrogen-bond donors (Lipinski definition) is 1. The van der Waals surface area contributed by atoms with E-state index in [0.29, 0.717) is 16.7 Å². The van der Waals surface area contributed by atoms with Gasteiger partial charge in [-0.2, -0.15) is 0 Å². The molecule has 2 aliphatic carbocycles. The molecule has 94 valence electrons. The predicted molar refractivity (Wildman–Crippen MR) is 68.3 cm³/mol. The highest BCUT2D eigenvalue weighted by atomic mass is 16.3. The smallest absolute Gasteiger partial charge is 0.0650 e. The van der Waals surface area contributed by atoms with E-state index in [1.807, 2.05) is 6.92 Å². The molecule has 0 aromatic carbocycles. The molecule has 4 atom stereocenters. The van der Waals surface area contributed by atoms with Gasteiger partial charge < -0.3 is 5.11 Å². The van der Waals surface area contributed by atoms with Gasteiger partial charge in [0, 0.05) is 0 Å². The summed E-state index contributed by atoms with van der Waals surface area (Å²) in [7, 11) is 0. The summed E-state index contributed by atoms with van der Waals surface area (Å²) in [5.74, 6) is 1.22. The van der Waals surface area contributed by atoms with Crippen LogP contribution in [0.1, 0.15) is 66.7 Å². The normalized spacial score (nSPS) is 52.1. The van der Waals surface area contributed by atoms with Crippen molar-refractivity contribution in [2.75, 3.05) is 0 Å². The Morgan fingerprint density at radius 3 is 2.25 bits per heavy atom. The molecule has 2 saturated carbocycles. The first kappa shape index (κ1) is 12.4. The molecule has 0 radical (unpaired) electrons. The van der Waals surface area contributed by atoms with Crippen LogP contribution in [0.3, 0.4) is 0 Å². The molecule has 1 N–H and O–H groups in total. The zero-order valence-corrected chi connectivity index (χ0v) is 11.6. The van der Waals surface area contributed by atoms with Crippen LogP contribution in [-0.4, -0.2) is 10.7 Å². The van der Waals surface area contributed by atoms with Gasteiger partial charge in [-0.15, -0.1) is 0 Å². The van der Waals surface area contributed by atoms with E-state index in [4.69, 9.17) is 0 Å². The zero-order chi connectivity index (χ0) is 12.2. The van der Waals surface area contributed by atoms with Crippen molar-refractivity contribution >= 4 is 0 Å². The van der Waals surface area contributed by atoms with Crippen molar-refractivity contribution in [3.63, 3.8) is 0 Å². The summed E-state index contributed by atoms with van der Waals surface area (Å²) in [5, 5.41) is 10.5. The first-order chi connectivity index (χ1) is 7.20. The van der Waals surface area contributed by atoms with Gasteiger partial charge >= 0.3 is 0 Å². The summed E-state index contributed by atoms with van der Waals surface area (Å²) in [6.45, 7) is 11.6. The van der Waals surface area contributed by atoms with Gasteiger partial charge in [0.25, 0.3) is 0 Å². The lowest BCUT2D eigenvalue weighted by atomic mass is 9.46. The Kier molecular flexibility index (Phi) is 2.70. The van der Waals surface area contributed by atoms with Gasteiger partial charge in [0.05, 0.1) is 5.60 Å². The minimum atomic E-state index is -0.446. The standard InChI is InChI=1S/C15H28O/c1-11-14(4)9-6-8-13(2,3)12(14)7-10-15(11,5)16/h11-12,16H,6-10H2,1-5H3. The molecule has 2 aliphatic rings. The maximum atomic E-state index is 10.5. The van der Waals surface area contributed by atoms with Crippen molar-refractivity contribution < 1.29 is 5.11 Å². The minimum Gasteiger partial charge on any atom is -0.390 e. The lowest BCUT2D eigenvalue weighted by Crippen LogP contribution is -2.56. The first-order valence-corrected chi connectivity index (χ1v) is 6.92. The summed E-state index contributed by atoms with van der Waals surface area (Å²) in [6, 6.07) is 0. The Morgan fingerprint density at radius 1 is 1.00 bits per heavy atom. The monoisotopic (exact) mass is 224 g/mol. The summed E-state index contributed by atoms with van der Waals surface area (Å²) in [5.41, 5.74) is 0.375. The second kappa shape index (κ2) is 3.48. The third-order valence-electron chi connectivity index (χ3n) is 6.14. The van der Waals surface area contributed by atoms with E-state index in [1.54, 1.807) is 0 Å². The Bertz CT molecular complexity index is 279. The second-order valence-electron chi connectivity index (χ2n) is 7.52. The number of rotatable bonds is 0. The van der Waals surface area contributed by atoms with E-state index in [2.05, 4.69) is 27.7 Å². The molecular weight excluding hydrogens is 196 g/mol. The Morgan fingerprint density at radius 2 is 1.62 bits per heavy atom. The van der Waals surface area contributed by atoms with Gasteiger partial charge in [0.15, 0.2) is 0 Å². The van der Waals surface area contributed by atoms with Crippen LogP contribution in [0.15, 0.2) is 0 Å². The van der Waals surface area contributed by atoms with E-state index < -0.39 is 5.60 Å². The fourth-order valence-electron chi connectivity index (χ4n) is 4.77. The van der Waals surface area contributed by atoms with Gasteiger partial charge in [-0.05, 0) is 55.3 Å². The van der Waals surface area contributed by atoms with Gasteiger partial charge in [0.1, 0.15) is 0 Å². The first-order valence-electron chi connectivity index (χ1n) is 6.92. The van der Waals surface area contributed by atoms with E-state index in [9.17, 15) is 5.11 Å². The molecule has 2 fully saturated rings. The van der Waals surface area contributed by atoms with Crippen molar-refractivity contribution in [1.29, 1.82) is 0 Å². The SMILES string of the molecule is CC1C(C)(O)CCC2C(C)(C)CCCC21C. The van der Waals surface area contributed by atoms with Crippen LogP contribution in [-0.2, 0) is 0 Å². The molecule has 0 spiro atoms. The van der Waals surface area contributed by atoms with Crippen LogP contribution in [0.25, 0.3) is 0 Å². The molecule has 0 amide bonds. The third kappa shape index (κ3) is 1.63. The number of aliphatic hydroxyl groups is 1. The van der Waals surface area contributed by atoms with Crippen LogP contribution in [0.4, 0.5) is 0 Å². The maximum Gasteiger partial charge on any atom is 0.0650 e. The van der Waals surface area contributed by atoms with Gasteiger partial charge in [-0.3, -0.25) is 0 Å². The largest absolute Gasteiger partial charge is 0.390 e. The second-order valence-corrected chi connectivity index (χ2v) is 7.52. The van der Waals surface area contributed by atoms with Crippen LogP contribution in [0, 0.1) is 22.7 Å². The fourth-order valence-corrected chi connectivity index (χ4v) is 4.77. The average Bonchev–Trinajstić information content (AvgIpc) is 2.12. The predicted octanol–water partition coefficient (Wildman–Crippen LogP) is 4.00. The van der Waals surface area contributed by atoms with Crippen LogP contribution in [0.5, 0.6) is 0 Å². The molecule has 0 saturated heterocycles. The molecule has 16 heavy (non-hydrogen) atoms. The highest BCUT2D eigenvalue weighted by Crippen LogP contribution is 2.61. The highest BCUT2D eigenvalue weighted by Gasteiger charge is 2.56. The summed E-state index contributed by atoms with van der Waals surface area (Å²) in [6.07, 6.45) is 6.19. The quantitative estimate of drug-likeness (QED) is 0.659. The molecule has 4 unspecified atom stereocenters. The van der Waals surface area contributed by atoms with Gasteiger partial charge in [-0.25, -0.2) is 0 Å². The average molecular weight is 224 g/mol. The van der Waals surface area contributed by atoms with Crippen molar-refractivity contribution in [1.82, 2.24) is 0 Å². The molecule has 0 aliphatic heterocycles. The van der Waals surface area contributed by atoms with Crippen LogP contribution in [0.2, 0.25) is 0 Å².